The van der Waals surface area contributed by atoms with Crippen molar-refractivity contribution < 1.29 is 0 Å². The van der Waals surface area contributed by atoms with Crippen molar-refractivity contribution in [2.75, 3.05) is 0 Å². The van der Waals surface area contributed by atoms with Crippen molar-refractivity contribution in [3.8, 4) is 28.3 Å². The maximum Gasteiger partial charge on any atom is 0.332 e. The number of benzene rings is 2. The molecule has 0 spiro atoms. The third-order valence-corrected chi connectivity index (χ3v) is 7.79. The Morgan fingerprint density at radius 2 is 1.69 bits per heavy atom. The Bertz CT molecular complexity index is 1670. The van der Waals surface area contributed by atoms with Gasteiger partial charge in [-0.15, -0.1) is 5.10 Å². The summed E-state index contributed by atoms with van der Waals surface area (Å²) >= 11 is 0. The third-order valence-electron chi connectivity index (χ3n) is 7.79. The van der Waals surface area contributed by atoms with Crippen molar-refractivity contribution in [3.63, 3.8) is 0 Å². The highest BCUT2D eigenvalue weighted by atomic mass is 16.1. The highest BCUT2D eigenvalue weighted by Crippen LogP contribution is 2.32. The molecule has 218 valence electrons. The number of hydrogen-bond donors (Lipinski definition) is 1. The minimum Gasteiger partial charge on any atom is -0.296 e. The zero-order valence-electron chi connectivity index (χ0n) is 25.4. The minimum atomic E-state index is -0.0831. The van der Waals surface area contributed by atoms with E-state index in [-0.39, 0.29) is 11.1 Å². The Balaban J connectivity index is 1.46. The van der Waals surface area contributed by atoms with Crippen molar-refractivity contribution in [1.29, 1.82) is 0 Å². The Morgan fingerprint density at radius 3 is 2.36 bits per heavy atom. The first-order chi connectivity index (χ1) is 20.3. The van der Waals surface area contributed by atoms with Gasteiger partial charge in [0, 0.05) is 35.8 Å². The first kappa shape index (κ1) is 29.2. The molecule has 3 aromatic heterocycles. The van der Waals surface area contributed by atoms with Crippen LogP contribution < -0.4 is 5.69 Å². The highest BCUT2D eigenvalue weighted by Gasteiger charge is 2.24. The van der Waals surface area contributed by atoms with E-state index >= 15 is 0 Å². The maximum absolute atomic E-state index is 14.1. The Kier molecular flexibility index (Phi) is 8.80. The molecule has 0 saturated carbocycles. The molecule has 0 saturated heterocycles. The van der Waals surface area contributed by atoms with Gasteiger partial charge in [0.2, 0.25) is 0 Å². The lowest BCUT2D eigenvalue weighted by molar-refractivity contribution is 0.581. The lowest BCUT2D eigenvalue weighted by Crippen LogP contribution is -2.28. The molecule has 1 N–H and O–H groups in total. The molecule has 0 radical (unpaired) electrons. The van der Waals surface area contributed by atoms with Gasteiger partial charge in [-0.05, 0) is 64.3 Å². The van der Waals surface area contributed by atoms with E-state index in [9.17, 15) is 4.79 Å². The fraction of sp³-hybridized carbons (Fsp3) is 0.382. The summed E-state index contributed by atoms with van der Waals surface area (Å²) in [5.74, 6) is 0.607. The first-order valence-corrected chi connectivity index (χ1v) is 15.0. The van der Waals surface area contributed by atoms with Crippen LogP contribution in [0.2, 0.25) is 0 Å². The normalized spacial score (nSPS) is 11.7. The summed E-state index contributed by atoms with van der Waals surface area (Å²) in [7, 11) is 0. The van der Waals surface area contributed by atoms with Gasteiger partial charge in [-0.2, -0.15) is 0 Å². The predicted molar refractivity (Wildman–Crippen MR) is 168 cm³/mol. The molecule has 0 aliphatic carbocycles. The van der Waals surface area contributed by atoms with E-state index in [4.69, 9.17) is 4.98 Å². The second-order valence-electron chi connectivity index (χ2n) is 11.9. The van der Waals surface area contributed by atoms with E-state index in [1.165, 1.54) is 11.1 Å². The Morgan fingerprint density at radius 1 is 0.881 bits per heavy atom. The number of rotatable bonds is 11. The fourth-order valence-electron chi connectivity index (χ4n) is 5.59. The topological polar surface area (TPSA) is 94.3 Å². The molecule has 2 aromatic carbocycles. The summed E-state index contributed by atoms with van der Waals surface area (Å²) in [5.41, 5.74) is 8.32. The largest absolute Gasteiger partial charge is 0.332 e. The molecule has 0 amide bonds. The van der Waals surface area contributed by atoms with Crippen molar-refractivity contribution in [2.45, 2.75) is 85.1 Å². The van der Waals surface area contributed by atoms with E-state index in [1.807, 2.05) is 45.7 Å². The van der Waals surface area contributed by atoms with Crippen LogP contribution in [0.3, 0.4) is 0 Å². The number of aromatic amines is 1. The number of nitrogens with one attached hydrogen (secondary N) is 1. The van der Waals surface area contributed by atoms with Crippen molar-refractivity contribution in [2.24, 2.45) is 0 Å². The molecule has 0 unspecified atom stereocenters. The quantitative estimate of drug-likeness (QED) is 0.193. The molecule has 0 atom stereocenters. The number of pyridine rings is 1. The van der Waals surface area contributed by atoms with Crippen LogP contribution in [0.4, 0.5) is 0 Å². The van der Waals surface area contributed by atoms with E-state index < -0.39 is 0 Å². The summed E-state index contributed by atoms with van der Waals surface area (Å²) in [6.07, 6.45) is 9.69. The molecule has 8 nitrogen and oxygen atoms in total. The van der Waals surface area contributed by atoms with Gasteiger partial charge in [-0.1, -0.05) is 96.0 Å². The molecule has 42 heavy (non-hydrogen) atoms. The van der Waals surface area contributed by atoms with Crippen molar-refractivity contribution in [3.05, 3.63) is 99.9 Å². The van der Waals surface area contributed by atoms with E-state index in [0.717, 1.165) is 65.9 Å². The number of H-pyrrole nitrogens is 1. The predicted octanol–water partition coefficient (Wildman–Crippen LogP) is 6.72. The number of aromatic nitrogens is 7. The Labute approximate surface area is 247 Å². The van der Waals surface area contributed by atoms with Gasteiger partial charge in [0.05, 0.1) is 11.4 Å². The van der Waals surface area contributed by atoms with Crippen LogP contribution in [0, 0.1) is 0 Å². The van der Waals surface area contributed by atoms with Crippen LogP contribution in [-0.4, -0.2) is 34.7 Å². The molecular weight excluding hydrogens is 522 g/mol. The summed E-state index contributed by atoms with van der Waals surface area (Å²) in [4.78, 5) is 18.9. The van der Waals surface area contributed by atoms with Gasteiger partial charge in [0.25, 0.3) is 0 Å². The molecular formula is C34H41N7O. The van der Waals surface area contributed by atoms with Crippen LogP contribution in [0.1, 0.15) is 76.3 Å². The van der Waals surface area contributed by atoms with E-state index in [2.05, 4.69) is 85.7 Å². The molecule has 5 aromatic rings. The lowest BCUT2D eigenvalue weighted by Gasteiger charge is -2.25. The molecule has 5 rings (SSSR count). The molecule has 0 aliphatic rings. The fourth-order valence-corrected chi connectivity index (χ4v) is 5.59. The monoisotopic (exact) mass is 563 g/mol. The zero-order valence-corrected chi connectivity index (χ0v) is 25.4. The third kappa shape index (κ3) is 6.12. The number of tetrazole rings is 1. The van der Waals surface area contributed by atoms with Gasteiger partial charge in [-0.3, -0.25) is 14.1 Å². The number of para-hydroxylation sites is 1. The van der Waals surface area contributed by atoms with Gasteiger partial charge in [0.15, 0.2) is 5.82 Å². The number of unbranched alkanes of at least 4 members (excludes halogenated alkanes) is 1. The van der Waals surface area contributed by atoms with E-state index in [0.29, 0.717) is 18.8 Å². The summed E-state index contributed by atoms with van der Waals surface area (Å²) in [6.45, 7) is 11.7. The molecule has 0 fully saturated rings. The summed E-state index contributed by atoms with van der Waals surface area (Å²) in [6, 6.07) is 18.5. The van der Waals surface area contributed by atoms with Crippen molar-refractivity contribution >= 4 is 0 Å². The van der Waals surface area contributed by atoms with Gasteiger partial charge in [-0.25, -0.2) is 9.89 Å². The molecule has 0 aliphatic heterocycles. The van der Waals surface area contributed by atoms with Crippen molar-refractivity contribution in [1.82, 2.24) is 34.7 Å². The van der Waals surface area contributed by atoms with Gasteiger partial charge in [0.1, 0.15) is 0 Å². The van der Waals surface area contributed by atoms with Gasteiger partial charge >= 0.3 is 5.69 Å². The number of nitrogens with zero attached hydrogens (tertiary/aromatic N) is 6. The maximum atomic E-state index is 14.1. The zero-order chi connectivity index (χ0) is 29.7. The van der Waals surface area contributed by atoms with Crippen LogP contribution in [0.15, 0.2) is 71.8 Å². The van der Waals surface area contributed by atoms with Crippen LogP contribution >= 0.6 is 0 Å². The van der Waals surface area contributed by atoms with E-state index in [1.54, 1.807) is 0 Å². The van der Waals surface area contributed by atoms with Crippen LogP contribution in [-0.2, 0) is 31.2 Å². The van der Waals surface area contributed by atoms with Gasteiger partial charge < -0.3 is 0 Å². The van der Waals surface area contributed by atoms with Crippen LogP contribution in [0.25, 0.3) is 28.3 Å². The second-order valence-corrected chi connectivity index (χ2v) is 11.9. The molecule has 3 heterocycles. The standard InChI is InChI=1S/C34H41N7O/c1-6-8-14-26-23-41(31-25(12-7-2)13-11-17-29(31)34(3,4)5)33(42)40(26)21-20-24-18-19-30(35-22-24)27-15-9-10-16-28(27)32-36-38-39-37-32/h9-11,13,15-19,22-23H,6-8,12,14,20-21H2,1-5H3,(H,36,37,38,39). The number of aryl methyl sites for hydroxylation is 3. The molecule has 8 heteroatoms. The lowest BCUT2D eigenvalue weighted by atomic mass is 9.84. The SMILES string of the molecule is CCCCc1cn(-c2c(CCC)cccc2C(C)(C)C)c(=O)n1CCc1ccc(-c2ccccc2-c2nnn[nH]2)nc1. The summed E-state index contributed by atoms with van der Waals surface area (Å²) in [5, 5.41) is 14.3. The minimum absolute atomic E-state index is 0.0364. The first-order valence-electron chi connectivity index (χ1n) is 15.0. The smallest absolute Gasteiger partial charge is 0.296 e. The second kappa shape index (κ2) is 12.7. The average molecular weight is 564 g/mol. The number of imidazole rings is 1. The average Bonchev–Trinajstić information content (AvgIpc) is 3.63. The summed E-state index contributed by atoms with van der Waals surface area (Å²) < 4.78 is 3.90. The number of hydrogen-bond acceptors (Lipinski definition) is 5. The highest BCUT2D eigenvalue weighted by molar-refractivity contribution is 5.78. The Hall–Kier alpha value is -4.33. The molecule has 0 bridgehead atoms. The van der Waals surface area contributed by atoms with Crippen LogP contribution in [0.5, 0.6) is 0 Å².